The molecule has 0 aromatic heterocycles. The normalized spacial score (nSPS) is 14.4. The van der Waals surface area contributed by atoms with Gasteiger partial charge in [0, 0.05) is 38.3 Å². The van der Waals surface area contributed by atoms with Crippen LogP contribution in [0.25, 0.3) is 0 Å². The molecule has 1 amide bonds. The van der Waals surface area contributed by atoms with Gasteiger partial charge in [-0.2, -0.15) is 0 Å². The first-order valence-corrected chi connectivity index (χ1v) is 13.3. The van der Waals surface area contributed by atoms with Crippen molar-refractivity contribution in [3.63, 3.8) is 0 Å². The van der Waals surface area contributed by atoms with E-state index in [1.54, 1.807) is 6.07 Å². The predicted molar refractivity (Wildman–Crippen MR) is 133 cm³/mol. The number of nitrogens with one attached hydrogen (secondary N) is 1. The number of carbonyl (C=O) groups excluding carboxylic acids is 1. The average Bonchev–Trinajstić information content (AvgIpc) is 2.85. The van der Waals surface area contributed by atoms with Gasteiger partial charge in [-0.25, -0.2) is 21.6 Å². The van der Waals surface area contributed by atoms with Crippen molar-refractivity contribution in [3.8, 4) is 11.5 Å². The van der Waals surface area contributed by atoms with Crippen molar-refractivity contribution in [2.24, 2.45) is 0 Å². The van der Waals surface area contributed by atoms with Gasteiger partial charge in [0.25, 0.3) is 5.91 Å². The number of benzene rings is 3. The van der Waals surface area contributed by atoms with Crippen LogP contribution < -0.4 is 19.7 Å². The Morgan fingerprint density at radius 3 is 2.38 bits per heavy atom. The Balaban J connectivity index is 1.56. The Bertz CT molecular complexity index is 1420. The van der Waals surface area contributed by atoms with Crippen molar-refractivity contribution < 1.29 is 35.9 Å². The number of sulfone groups is 1. The number of anilines is 2. The highest BCUT2D eigenvalue weighted by molar-refractivity contribution is 7.90. The Kier molecular flexibility index (Phi) is 7.63. The first kappa shape index (κ1) is 26.3. The predicted octanol–water partition coefficient (Wildman–Crippen LogP) is 4.82. The van der Waals surface area contributed by atoms with Crippen molar-refractivity contribution in [3.05, 3.63) is 77.6 Å². The molecule has 37 heavy (non-hydrogen) atoms. The molecule has 3 aromatic rings. The number of para-hydroxylation sites is 1. The van der Waals surface area contributed by atoms with Crippen LogP contribution in [0.3, 0.4) is 0 Å². The number of ether oxygens (including phenoxy) is 2. The topological polar surface area (TPSA) is 84.9 Å². The van der Waals surface area contributed by atoms with Gasteiger partial charge in [-0.05, 0) is 42.5 Å². The van der Waals surface area contributed by atoms with E-state index in [1.807, 2.05) is 4.90 Å². The van der Waals surface area contributed by atoms with E-state index in [-0.39, 0.29) is 33.7 Å². The van der Waals surface area contributed by atoms with Gasteiger partial charge in [-0.15, -0.1) is 0 Å². The maximum Gasteiger partial charge on any atom is 0.259 e. The second-order valence-corrected chi connectivity index (χ2v) is 10.6. The molecular weight excluding hydrogens is 509 g/mol. The van der Waals surface area contributed by atoms with Crippen LogP contribution in [-0.4, -0.2) is 46.9 Å². The quantitative estimate of drug-likeness (QED) is 0.468. The standard InChI is InChI=1S/C26H25F3N2O5S/c1-35-25-19(4-3-5-20(25)28)26(32)30-22-15-18(37(2,33)34)7-8-23(22)31-12-10-17(11-13-31)36-24-9-6-16(27)14-21(24)29/h3-9,14-15,17H,10-13H2,1-2H3,(H,30,32). The molecule has 1 heterocycles. The molecule has 1 aliphatic heterocycles. The van der Waals surface area contributed by atoms with E-state index >= 15 is 0 Å². The fraction of sp³-hybridized carbons (Fsp3) is 0.269. The third-order valence-corrected chi connectivity index (χ3v) is 7.14. The van der Waals surface area contributed by atoms with E-state index in [0.717, 1.165) is 24.5 Å². The Labute approximate surface area is 212 Å². The molecule has 196 valence electrons. The van der Waals surface area contributed by atoms with E-state index < -0.39 is 33.2 Å². The molecular formula is C26H25F3N2O5S. The average molecular weight is 535 g/mol. The van der Waals surface area contributed by atoms with Crippen LogP contribution in [0.2, 0.25) is 0 Å². The molecule has 1 fully saturated rings. The monoisotopic (exact) mass is 534 g/mol. The van der Waals surface area contributed by atoms with Crippen LogP contribution in [0.15, 0.2) is 59.5 Å². The number of amides is 1. The van der Waals surface area contributed by atoms with Crippen molar-refractivity contribution in [1.29, 1.82) is 0 Å². The largest absolute Gasteiger partial charge is 0.493 e. The molecule has 0 saturated carbocycles. The van der Waals surface area contributed by atoms with Gasteiger partial charge in [-0.3, -0.25) is 4.79 Å². The molecule has 7 nitrogen and oxygen atoms in total. The summed E-state index contributed by atoms with van der Waals surface area (Å²) in [6, 6.07) is 11.4. The minimum absolute atomic E-state index is 0.00256. The highest BCUT2D eigenvalue weighted by Gasteiger charge is 2.25. The summed E-state index contributed by atoms with van der Waals surface area (Å²) in [5, 5.41) is 2.69. The molecule has 1 saturated heterocycles. The Hall–Kier alpha value is -3.73. The van der Waals surface area contributed by atoms with Gasteiger partial charge < -0.3 is 19.7 Å². The van der Waals surface area contributed by atoms with E-state index in [2.05, 4.69) is 5.32 Å². The first-order valence-electron chi connectivity index (χ1n) is 11.4. The maximum absolute atomic E-state index is 14.1. The van der Waals surface area contributed by atoms with Gasteiger partial charge in [0.1, 0.15) is 11.9 Å². The van der Waals surface area contributed by atoms with Crippen LogP contribution in [-0.2, 0) is 9.84 Å². The second-order valence-electron chi connectivity index (χ2n) is 8.60. The fourth-order valence-corrected chi connectivity index (χ4v) is 4.82. The van der Waals surface area contributed by atoms with Crippen molar-refractivity contribution in [2.45, 2.75) is 23.8 Å². The summed E-state index contributed by atoms with van der Waals surface area (Å²) in [6.45, 7) is 0.912. The minimum Gasteiger partial charge on any atom is -0.493 e. The zero-order valence-electron chi connectivity index (χ0n) is 20.1. The summed E-state index contributed by atoms with van der Waals surface area (Å²) in [5.41, 5.74) is 0.734. The third kappa shape index (κ3) is 5.99. The first-order chi connectivity index (χ1) is 17.6. The molecule has 4 rings (SSSR count). The van der Waals surface area contributed by atoms with Gasteiger partial charge in [0.2, 0.25) is 0 Å². The number of nitrogens with zero attached hydrogens (tertiary/aromatic N) is 1. The van der Waals surface area contributed by atoms with Crippen LogP contribution in [0.4, 0.5) is 24.5 Å². The summed E-state index contributed by atoms with van der Waals surface area (Å²) < 4.78 is 76.4. The molecule has 0 spiro atoms. The number of methoxy groups -OCH3 is 1. The minimum atomic E-state index is -3.58. The zero-order chi connectivity index (χ0) is 26.7. The smallest absolute Gasteiger partial charge is 0.259 e. The number of hydrogen-bond acceptors (Lipinski definition) is 6. The van der Waals surface area contributed by atoms with Crippen LogP contribution in [0.1, 0.15) is 23.2 Å². The lowest BCUT2D eigenvalue weighted by molar-refractivity contribution is 0.102. The van der Waals surface area contributed by atoms with Gasteiger partial charge in [0.15, 0.2) is 33.0 Å². The van der Waals surface area contributed by atoms with Gasteiger partial charge in [0.05, 0.1) is 28.9 Å². The number of hydrogen-bond donors (Lipinski definition) is 1. The van der Waals surface area contributed by atoms with E-state index in [9.17, 15) is 26.4 Å². The van der Waals surface area contributed by atoms with Crippen molar-refractivity contribution >= 4 is 27.1 Å². The van der Waals surface area contributed by atoms with Crippen LogP contribution in [0.5, 0.6) is 11.5 Å². The number of carbonyl (C=O) groups is 1. The number of rotatable bonds is 7. The fourth-order valence-electron chi connectivity index (χ4n) is 4.17. The Morgan fingerprint density at radius 1 is 1.00 bits per heavy atom. The summed E-state index contributed by atoms with van der Waals surface area (Å²) in [4.78, 5) is 15.0. The lowest BCUT2D eigenvalue weighted by Crippen LogP contribution is -2.38. The summed E-state index contributed by atoms with van der Waals surface area (Å²) in [7, 11) is -2.34. The van der Waals surface area contributed by atoms with E-state index in [4.69, 9.17) is 9.47 Å². The molecule has 0 radical (unpaired) electrons. The molecule has 0 aliphatic carbocycles. The molecule has 1 aliphatic rings. The van der Waals surface area contributed by atoms with Gasteiger partial charge >= 0.3 is 0 Å². The molecule has 11 heteroatoms. The van der Waals surface area contributed by atoms with Crippen molar-refractivity contribution in [2.75, 3.05) is 36.7 Å². The molecule has 1 N–H and O–H groups in total. The van der Waals surface area contributed by atoms with E-state index in [0.29, 0.717) is 31.6 Å². The van der Waals surface area contributed by atoms with Crippen LogP contribution in [0, 0.1) is 17.5 Å². The molecule has 0 unspecified atom stereocenters. The lowest BCUT2D eigenvalue weighted by Gasteiger charge is -2.35. The highest BCUT2D eigenvalue weighted by Crippen LogP contribution is 2.33. The van der Waals surface area contributed by atoms with Crippen LogP contribution >= 0.6 is 0 Å². The maximum atomic E-state index is 14.1. The zero-order valence-corrected chi connectivity index (χ0v) is 20.9. The number of piperidine rings is 1. The molecule has 0 atom stereocenters. The molecule has 3 aromatic carbocycles. The third-order valence-electron chi connectivity index (χ3n) is 6.03. The Morgan fingerprint density at radius 2 is 1.73 bits per heavy atom. The second kappa shape index (κ2) is 10.7. The summed E-state index contributed by atoms with van der Waals surface area (Å²) in [6.07, 6.45) is 1.73. The number of halogens is 3. The SMILES string of the molecule is COc1c(F)cccc1C(=O)Nc1cc(S(C)(=O)=O)ccc1N1CCC(Oc2ccc(F)cc2F)CC1. The lowest BCUT2D eigenvalue weighted by atomic mass is 10.1. The summed E-state index contributed by atoms with van der Waals surface area (Å²) >= 11 is 0. The molecule has 0 bridgehead atoms. The van der Waals surface area contributed by atoms with E-state index in [1.165, 1.54) is 37.4 Å². The summed E-state index contributed by atoms with van der Waals surface area (Å²) in [5.74, 6) is -3.12. The van der Waals surface area contributed by atoms with Crippen molar-refractivity contribution in [1.82, 2.24) is 0 Å². The highest BCUT2D eigenvalue weighted by atomic mass is 32.2. The van der Waals surface area contributed by atoms with Gasteiger partial charge in [-0.1, -0.05) is 6.07 Å².